The quantitative estimate of drug-likeness (QED) is 0.770. The van der Waals surface area contributed by atoms with Crippen molar-refractivity contribution in [2.75, 3.05) is 11.9 Å². The van der Waals surface area contributed by atoms with E-state index < -0.39 is 11.7 Å². The van der Waals surface area contributed by atoms with E-state index >= 15 is 0 Å². The van der Waals surface area contributed by atoms with Gasteiger partial charge >= 0.3 is 6.18 Å². The lowest BCUT2D eigenvalue weighted by Gasteiger charge is -2.13. The van der Waals surface area contributed by atoms with Crippen LogP contribution in [0.4, 0.5) is 19.1 Å². The molecule has 0 fully saturated rings. The van der Waals surface area contributed by atoms with E-state index in [2.05, 4.69) is 33.2 Å². The SMILES string of the molecule is CCCCNc1nccn1-c1ccc(Br)c(C(F)(F)F)c1. The number of nitrogens with zero attached hydrogens (tertiary/aromatic N) is 2. The molecule has 0 saturated heterocycles. The molecule has 21 heavy (non-hydrogen) atoms. The summed E-state index contributed by atoms with van der Waals surface area (Å²) >= 11 is 2.94. The summed E-state index contributed by atoms with van der Waals surface area (Å²) < 4.78 is 40.5. The van der Waals surface area contributed by atoms with Gasteiger partial charge in [0.2, 0.25) is 5.95 Å². The molecule has 114 valence electrons. The average Bonchev–Trinajstić information content (AvgIpc) is 2.87. The lowest BCUT2D eigenvalue weighted by atomic mass is 10.2. The summed E-state index contributed by atoms with van der Waals surface area (Å²) in [4.78, 5) is 4.14. The zero-order valence-corrected chi connectivity index (χ0v) is 13.0. The van der Waals surface area contributed by atoms with Gasteiger partial charge in [0.05, 0.1) is 5.56 Å². The Kier molecular flexibility index (Phi) is 4.92. The molecule has 0 radical (unpaired) electrons. The maximum atomic E-state index is 12.9. The van der Waals surface area contributed by atoms with Gasteiger partial charge in [-0.05, 0) is 24.6 Å². The van der Waals surface area contributed by atoms with Crippen molar-refractivity contribution in [3.05, 3.63) is 40.6 Å². The normalized spacial score (nSPS) is 11.7. The first-order chi connectivity index (χ1) is 9.93. The fourth-order valence-corrected chi connectivity index (χ4v) is 2.37. The molecule has 0 saturated carbocycles. The van der Waals surface area contributed by atoms with Gasteiger partial charge in [0.25, 0.3) is 0 Å². The molecule has 1 N–H and O–H groups in total. The molecule has 1 aromatic heterocycles. The molecule has 0 amide bonds. The van der Waals surface area contributed by atoms with E-state index in [1.54, 1.807) is 23.0 Å². The number of imidazole rings is 1. The lowest BCUT2D eigenvalue weighted by Crippen LogP contribution is -2.10. The van der Waals surface area contributed by atoms with Crippen LogP contribution in [-0.2, 0) is 6.18 Å². The van der Waals surface area contributed by atoms with E-state index in [1.807, 2.05) is 0 Å². The molecular weight excluding hydrogens is 347 g/mol. The van der Waals surface area contributed by atoms with Crippen LogP contribution in [0.1, 0.15) is 25.3 Å². The van der Waals surface area contributed by atoms with Crippen molar-refractivity contribution in [2.24, 2.45) is 0 Å². The second-order valence-electron chi connectivity index (χ2n) is 4.56. The Bertz CT molecular complexity index is 608. The Morgan fingerprint density at radius 3 is 2.76 bits per heavy atom. The number of nitrogens with one attached hydrogen (secondary N) is 1. The minimum absolute atomic E-state index is 0.0272. The summed E-state index contributed by atoms with van der Waals surface area (Å²) in [6, 6.07) is 4.12. The number of alkyl halides is 3. The monoisotopic (exact) mass is 361 g/mol. The summed E-state index contributed by atoms with van der Waals surface area (Å²) in [7, 11) is 0. The fourth-order valence-electron chi connectivity index (χ4n) is 1.90. The number of hydrogen-bond donors (Lipinski definition) is 1. The largest absolute Gasteiger partial charge is 0.417 e. The minimum Gasteiger partial charge on any atom is -0.355 e. The van der Waals surface area contributed by atoms with Crippen molar-refractivity contribution in [1.29, 1.82) is 0 Å². The average molecular weight is 362 g/mol. The van der Waals surface area contributed by atoms with Crippen LogP contribution in [-0.4, -0.2) is 16.1 Å². The number of unbranched alkanes of at least 4 members (excludes halogenated alkanes) is 1. The highest BCUT2D eigenvalue weighted by atomic mass is 79.9. The fraction of sp³-hybridized carbons (Fsp3) is 0.357. The van der Waals surface area contributed by atoms with Crippen molar-refractivity contribution >= 4 is 21.9 Å². The van der Waals surface area contributed by atoms with Crippen molar-refractivity contribution in [3.63, 3.8) is 0 Å². The topological polar surface area (TPSA) is 29.9 Å². The third-order valence-electron chi connectivity index (χ3n) is 2.99. The van der Waals surface area contributed by atoms with E-state index in [1.165, 1.54) is 6.07 Å². The zero-order valence-electron chi connectivity index (χ0n) is 11.4. The molecule has 0 aliphatic rings. The maximum Gasteiger partial charge on any atom is 0.417 e. The molecule has 0 bridgehead atoms. The first-order valence-electron chi connectivity index (χ1n) is 6.58. The number of anilines is 1. The molecule has 2 rings (SSSR count). The second kappa shape index (κ2) is 6.51. The summed E-state index contributed by atoms with van der Waals surface area (Å²) in [5.74, 6) is 0.541. The summed E-state index contributed by atoms with van der Waals surface area (Å²) in [5, 5.41) is 3.12. The van der Waals surface area contributed by atoms with Gasteiger partial charge in [-0.3, -0.25) is 4.57 Å². The Morgan fingerprint density at radius 2 is 2.10 bits per heavy atom. The third-order valence-corrected chi connectivity index (χ3v) is 3.68. The maximum absolute atomic E-state index is 12.9. The molecule has 1 heterocycles. The summed E-state index contributed by atoms with van der Waals surface area (Å²) in [6.45, 7) is 2.80. The number of aromatic nitrogens is 2. The van der Waals surface area contributed by atoms with Crippen molar-refractivity contribution in [3.8, 4) is 5.69 Å². The number of hydrogen-bond acceptors (Lipinski definition) is 2. The van der Waals surface area contributed by atoms with Crippen LogP contribution in [0.15, 0.2) is 35.1 Å². The van der Waals surface area contributed by atoms with Gasteiger partial charge in [-0.15, -0.1) is 0 Å². The number of benzene rings is 1. The number of halogens is 4. The molecule has 0 aliphatic carbocycles. The molecule has 1 aromatic carbocycles. The molecule has 0 aliphatic heterocycles. The Labute approximate surface area is 129 Å². The van der Waals surface area contributed by atoms with E-state index in [0.29, 0.717) is 11.6 Å². The zero-order chi connectivity index (χ0) is 15.5. The van der Waals surface area contributed by atoms with E-state index in [9.17, 15) is 13.2 Å². The van der Waals surface area contributed by atoms with Crippen LogP contribution < -0.4 is 5.32 Å². The van der Waals surface area contributed by atoms with Gasteiger partial charge in [0.15, 0.2) is 0 Å². The van der Waals surface area contributed by atoms with E-state index in [-0.39, 0.29) is 4.47 Å². The van der Waals surface area contributed by atoms with Crippen LogP contribution in [0.25, 0.3) is 5.69 Å². The van der Waals surface area contributed by atoms with Gasteiger partial charge in [-0.25, -0.2) is 4.98 Å². The van der Waals surface area contributed by atoms with Crippen LogP contribution in [0.3, 0.4) is 0 Å². The predicted molar refractivity (Wildman–Crippen MR) is 79.7 cm³/mol. The van der Waals surface area contributed by atoms with Crippen LogP contribution in [0, 0.1) is 0 Å². The second-order valence-corrected chi connectivity index (χ2v) is 5.42. The van der Waals surface area contributed by atoms with Gasteiger partial charge in [-0.2, -0.15) is 13.2 Å². The molecule has 2 aromatic rings. The van der Waals surface area contributed by atoms with Gasteiger partial charge in [-0.1, -0.05) is 29.3 Å². The molecule has 7 heteroatoms. The Hall–Kier alpha value is -1.50. The standard InChI is InChI=1S/C14H15BrF3N3/c1-2-3-6-19-13-20-7-8-21(13)10-4-5-12(15)11(9-10)14(16,17)18/h4-5,7-9H,2-3,6H2,1H3,(H,19,20). The summed E-state index contributed by atoms with van der Waals surface area (Å²) in [6.07, 6.45) is 0.803. The van der Waals surface area contributed by atoms with Crippen LogP contribution in [0.5, 0.6) is 0 Å². The van der Waals surface area contributed by atoms with Gasteiger partial charge in [0, 0.05) is 29.1 Å². The third kappa shape index (κ3) is 3.78. The van der Waals surface area contributed by atoms with Gasteiger partial charge < -0.3 is 5.32 Å². The Balaban J connectivity index is 2.33. The van der Waals surface area contributed by atoms with Crippen molar-refractivity contribution in [1.82, 2.24) is 9.55 Å². The van der Waals surface area contributed by atoms with Crippen LogP contribution >= 0.6 is 15.9 Å². The highest BCUT2D eigenvalue weighted by molar-refractivity contribution is 9.10. The van der Waals surface area contributed by atoms with E-state index in [4.69, 9.17) is 0 Å². The van der Waals surface area contributed by atoms with Gasteiger partial charge in [0.1, 0.15) is 0 Å². The summed E-state index contributed by atoms with van der Waals surface area (Å²) in [5.41, 5.74) is -0.282. The van der Waals surface area contributed by atoms with Crippen LogP contribution in [0.2, 0.25) is 0 Å². The van der Waals surface area contributed by atoms with Crippen molar-refractivity contribution < 1.29 is 13.2 Å². The first-order valence-corrected chi connectivity index (χ1v) is 7.37. The first kappa shape index (κ1) is 15.9. The predicted octanol–water partition coefficient (Wildman–Crippen LogP) is 4.87. The molecular formula is C14H15BrF3N3. The molecule has 0 spiro atoms. The minimum atomic E-state index is -4.40. The highest BCUT2D eigenvalue weighted by Crippen LogP contribution is 2.36. The molecule has 3 nitrogen and oxygen atoms in total. The lowest BCUT2D eigenvalue weighted by molar-refractivity contribution is -0.138. The van der Waals surface area contributed by atoms with Crippen molar-refractivity contribution in [2.45, 2.75) is 25.9 Å². The smallest absolute Gasteiger partial charge is 0.355 e. The van der Waals surface area contributed by atoms with E-state index in [0.717, 1.165) is 25.5 Å². The molecule has 0 atom stereocenters. The molecule has 0 unspecified atom stereocenters. The number of rotatable bonds is 5. The highest BCUT2D eigenvalue weighted by Gasteiger charge is 2.33. The Morgan fingerprint density at radius 1 is 1.33 bits per heavy atom.